The highest BCUT2D eigenvalue weighted by Gasteiger charge is 2.38. The van der Waals surface area contributed by atoms with E-state index in [4.69, 9.17) is 30.8 Å². The number of nitrogen functional groups attached to an aromatic ring is 1. The lowest BCUT2D eigenvalue weighted by molar-refractivity contribution is -0.192. The van der Waals surface area contributed by atoms with Gasteiger partial charge in [0.2, 0.25) is 0 Å². The molecule has 0 saturated carbocycles. The first-order valence-electron chi connectivity index (χ1n) is 11.3. The average Bonchev–Trinajstić information content (AvgIpc) is 3.55. The first kappa shape index (κ1) is 29.6. The standard InChI is InChI=1S/C22H24N4O2S3.C2HF3O2/c1-29-22-15(10-19(31-22)20(23)24)21-26-17(12-30-21)13-5-4-6-14(9-13)28-18(11-27)16-7-2-3-8-25-16;3-2(4,5)1(6)7/h4-6,9-12,16,18,25H,2-3,7-8H2,1H3,(H3,23,24);(H,6,7). The normalized spacial score (nSPS) is 16.2. The maximum Gasteiger partial charge on any atom is 0.490 e. The van der Waals surface area contributed by atoms with Crippen molar-refractivity contribution in [1.82, 2.24) is 10.3 Å². The number of halogens is 3. The first-order chi connectivity index (χ1) is 18.0. The second kappa shape index (κ2) is 13.2. The van der Waals surface area contributed by atoms with Crippen molar-refractivity contribution in [2.75, 3.05) is 12.8 Å². The van der Waals surface area contributed by atoms with Crippen molar-refractivity contribution in [3.05, 3.63) is 40.6 Å². The maximum atomic E-state index is 11.6. The number of nitrogens with one attached hydrogen (secondary N) is 2. The molecule has 0 radical (unpaired) electrons. The van der Waals surface area contributed by atoms with Crippen LogP contribution in [0.25, 0.3) is 21.8 Å². The van der Waals surface area contributed by atoms with E-state index in [0.717, 1.165) is 63.0 Å². The van der Waals surface area contributed by atoms with Crippen molar-refractivity contribution in [1.29, 1.82) is 5.41 Å². The third-order valence-electron chi connectivity index (χ3n) is 5.41. The lowest BCUT2D eigenvalue weighted by Gasteiger charge is -2.28. The summed E-state index contributed by atoms with van der Waals surface area (Å²) in [6.07, 6.45) is 0.516. The van der Waals surface area contributed by atoms with Crippen LogP contribution in [0.5, 0.6) is 5.75 Å². The summed E-state index contributed by atoms with van der Waals surface area (Å²) in [6.45, 7) is 0.923. The monoisotopic (exact) mass is 586 g/mol. The molecule has 0 aliphatic carbocycles. The molecule has 204 valence electrons. The van der Waals surface area contributed by atoms with E-state index in [1.165, 1.54) is 11.3 Å². The number of hydrogen-bond donors (Lipinski definition) is 4. The highest BCUT2D eigenvalue weighted by atomic mass is 32.2. The van der Waals surface area contributed by atoms with Crippen molar-refractivity contribution in [3.8, 4) is 27.6 Å². The van der Waals surface area contributed by atoms with E-state index >= 15 is 0 Å². The van der Waals surface area contributed by atoms with Crippen molar-refractivity contribution in [2.24, 2.45) is 5.73 Å². The van der Waals surface area contributed by atoms with E-state index in [-0.39, 0.29) is 11.9 Å². The molecule has 5 N–H and O–H groups in total. The third kappa shape index (κ3) is 7.79. The number of piperidine rings is 1. The number of nitrogens with two attached hydrogens (primary N) is 1. The van der Waals surface area contributed by atoms with Crippen molar-refractivity contribution < 1.29 is 32.6 Å². The number of thiophene rings is 1. The van der Waals surface area contributed by atoms with Gasteiger partial charge in [-0.3, -0.25) is 10.2 Å². The highest BCUT2D eigenvalue weighted by molar-refractivity contribution is 8.00. The SMILES string of the molecule is CSc1sc(C(=N)N)cc1-c1nc(-c2cccc(OC(C=O)C3CCCCN3)c2)cs1.O=C(O)C(F)(F)F. The van der Waals surface area contributed by atoms with Crippen LogP contribution in [0, 0.1) is 5.41 Å². The number of carbonyl (C=O) groups excluding carboxylic acids is 1. The summed E-state index contributed by atoms with van der Waals surface area (Å²) in [7, 11) is 0. The molecule has 2 aromatic heterocycles. The summed E-state index contributed by atoms with van der Waals surface area (Å²) in [6, 6.07) is 9.71. The predicted octanol–water partition coefficient (Wildman–Crippen LogP) is 5.27. The number of aromatic nitrogens is 1. The number of rotatable bonds is 8. The zero-order chi connectivity index (χ0) is 27.9. The van der Waals surface area contributed by atoms with Gasteiger partial charge in [-0.05, 0) is 43.8 Å². The minimum absolute atomic E-state index is 0.0554. The fourth-order valence-corrected chi connectivity index (χ4v) is 6.30. The number of carboxylic acids is 1. The number of amidine groups is 1. The first-order valence-corrected chi connectivity index (χ1v) is 14.2. The Labute approximate surface area is 228 Å². The molecule has 3 aromatic rings. The highest BCUT2D eigenvalue weighted by Crippen LogP contribution is 2.40. The fourth-order valence-electron chi connectivity index (χ4n) is 3.59. The quantitative estimate of drug-likeness (QED) is 0.121. The number of aliphatic carboxylic acids is 1. The second-order valence-electron chi connectivity index (χ2n) is 8.07. The lowest BCUT2D eigenvalue weighted by atomic mass is 10.0. The molecule has 2 unspecified atom stereocenters. The molecule has 38 heavy (non-hydrogen) atoms. The van der Waals surface area contributed by atoms with Crippen LogP contribution in [0.3, 0.4) is 0 Å². The van der Waals surface area contributed by atoms with E-state index in [0.29, 0.717) is 5.75 Å². The fraction of sp³-hybridized carbons (Fsp3) is 0.333. The number of benzene rings is 1. The molecule has 14 heteroatoms. The van der Waals surface area contributed by atoms with Gasteiger partial charge < -0.3 is 20.9 Å². The van der Waals surface area contributed by atoms with E-state index in [1.54, 1.807) is 23.1 Å². The summed E-state index contributed by atoms with van der Waals surface area (Å²) in [5.41, 5.74) is 8.47. The Bertz CT molecular complexity index is 1270. The van der Waals surface area contributed by atoms with Crippen LogP contribution in [0.15, 0.2) is 39.9 Å². The van der Waals surface area contributed by atoms with Crippen LogP contribution in [0.1, 0.15) is 24.1 Å². The number of nitrogens with zero attached hydrogens (tertiary/aromatic N) is 1. The van der Waals surface area contributed by atoms with Gasteiger partial charge in [0.05, 0.1) is 20.8 Å². The van der Waals surface area contributed by atoms with Gasteiger partial charge in [-0.15, -0.1) is 34.4 Å². The zero-order valence-corrected chi connectivity index (χ0v) is 22.5. The molecule has 1 fully saturated rings. The van der Waals surface area contributed by atoms with Gasteiger partial charge in [-0.2, -0.15) is 13.2 Å². The Balaban J connectivity index is 0.000000505. The molecule has 0 amide bonds. The van der Waals surface area contributed by atoms with E-state index in [9.17, 15) is 18.0 Å². The molecular formula is C24H25F3N4O4S3. The van der Waals surface area contributed by atoms with Crippen molar-refractivity contribution >= 4 is 52.5 Å². The average molecular weight is 587 g/mol. The minimum atomic E-state index is -5.08. The number of carbonyl (C=O) groups is 2. The van der Waals surface area contributed by atoms with Crippen LogP contribution in [-0.2, 0) is 9.59 Å². The Morgan fingerprint density at radius 3 is 2.68 bits per heavy atom. The van der Waals surface area contributed by atoms with Gasteiger partial charge in [0.15, 0.2) is 12.4 Å². The molecule has 4 rings (SSSR count). The van der Waals surface area contributed by atoms with E-state index < -0.39 is 18.2 Å². The molecule has 0 bridgehead atoms. The summed E-state index contributed by atoms with van der Waals surface area (Å²) in [5, 5.41) is 21.1. The topological polar surface area (TPSA) is 138 Å². The third-order valence-corrected chi connectivity index (χ3v) is 8.59. The molecule has 1 aromatic carbocycles. The van der Waals surface area contributed by atoms with Crippen LogP contribution in [0.4, 0.5) is 13.2 Å². The number of thioether (sulfide) groups is 1. The molecule has 1 aliphatic rings. The van der Waals surface area contributed by atoms with Gasteiger partial charge in [0.1, 0.15) is 16.6 Å². The summed E-state index contributed by atoms with van der Waals surface area (Å²) in [5.74, 6) is -2.02. The summed E-state index contributed by atoms with van der Waals surface area (Å²) >= 11 is 4.71. The van der Waals surface area contributed by atoms with Gasteiger partial charge >= 0.3 is 12.1 Å². The number of hydrogen-bond acceptors (Lipinski definition) is 9. The van der Waals surface area contributed by atoms with Gasteiger partial charge in [0.25, 0.3) is 0 Å². The molecule has 2 atom stereocenters. The summed E-state index contributed by atoms with van der Waals surface area (Å²) in [4.78, 5) is 26.1. The minimum Gasteiger partial charge on any atom is -0.481 e. The van der Waals surface area contributed by atoms with E-state index in [1.807, 2.05) is 42.0 Å². The smallest absolute Gasteiger partial charge is 0.481 e. The molecule has 8 nitrogen and oxygen atoms in total. The van der Waals surface area contributed by atoms with E-state index in [2.05, 4.69) is 5.32 Å². The van der Waals surface area contributed by atoms with Gasteiger partial charge in [0, 0.05) is 16.5 Å². The Morgan fingerprint density at radius 1 is 1.37 bits per heavy atom. The van der Waals surface area contributed by atoms with Crippen molar-refractivity contribution in [3.63, 3.8) is 0 Å². The number of aldehydes is 1. The van der Waals surface area contributed by atoms with Gasteiger partial charge in [-0.1, -0.05) is 18.6 Å². The molecule has 1 saturated heterocycles. The van der Waals surface area contributed by atoms with Crippen LogP contribution >= 0.6 is 34.4 Å². The lowest BCUT2D eigenvalue weighted by Crippen LogP contribution is -2.46. The molecule has 3 heterocycles. The van der Waals surface area contributed by atoms with Crippen LogP contribution < -0.4 is 15.8 Å². The Morgan fingerprint density at radius 2 is 2.11 bits per heavy atom. The number of thiazole rings is 1. The van der Waals surface area contributed by atoms with Crippen LogP contribution in [-0.4, -0.2) is 59.3 Å². The van der Waals surface area contributed by atoms with Gasteiger partial charge in [-0.25, -0.2) is 9.78 Å². The zero-order valence-electron chi connectivity index (χ0n) is 20.1. The number of ether oxygens (including phenoxy) is 1. The number of carboxylic acid groups (broad SMARTS) is 1. The molecule has 0 spiro atoms. The largest absolute Gasteiger partial charge is 0.490 e. The predicted molar refractivity (Wildman–Crippen MR) is 143 cm³/mol. The molecule has 1 aliphatic heterocycles. The second-order valence-corrected chi connectivity index (χ2v) is 11.1. The molecular weight excluding hydrogens is 561 g/mol. The maximum absolute atomic E-state index is 11.6. The number of alkyl halides is 3. The summed E-state index contributed by atoms with van der Waals surface area (Å²) < 4.78 is 38.9. The van der Waals surface area contributed by atoms with Crippen LogP contribution in [0.2, 0.25) is 0 Å². The van der Waals surface area contributed by atoms with Crippen molar-refractivity contribution in [2.45, 2.75) is 41.8 Å². The Hall–Kier alpha value is -2.94. The Kier molecular flexibility index (Phi) is 10.3.